The molecule has 1 heteroatoms. The Morgan fingerprint density at radius 2 is 1.88 bits per heavy atom. The Morgan fingerprint density at radius 3 is 2.59 bits per heavy atom. The number of rotatable bonds is 3. The van der Waals surface area contributed by atoms with Crippen LogP contribution in [0.4, 0.5) is 0 Å². The Kier molecular flexibility index (Phi) is 4.38. The van der Waals surface area contributed by atoms with Crippen molar-refractivity contribution in [2.45, 2.75) is 38.5 Å². The lowest BCUT2D eigenvalue weighted by Crippen LogP contribution is -2.11. The molecule has 0 saturated heterocycles. The molecule has 1 fully saturated rings. The SMILES string of the molecule is CC1CCC(c2ccccc2/C=C/CN)CC1. The Balaban J connectivity index is 2.16. The van der Waals surface area contributed by atoms with Crippen molar-refractivity contribution in [1.82, 2.24) is 0 Å². The van der Waals surface area contributed by atoms with Crippen LogP contribution >= 0.6 is 0 Å². The summed E-state index contributed by atoms with van der Waals surface area (Å²) in [5.74, 6) is 1.67. The first kappa shape index (κ1) is 12.4. The van der Waals surface area contributed by atoms with Gasteiger partial charge in [-0.2, -0.15) is 0 Å². The number of nitrogens with two attached hydrogens (primary N) is 1. The standard InChI is InChI=1S/C16H23N/c1-13-8-10-15(11-9-13)16-7-3-2-5-14(16)6-4-12-17/h2-7,13,15H,8-12,17H2,1H3/b6-4+. The third-order valence-corrected chi connectivity index (χ3v) is 3.89. The lowest BCUT2D eigenvalue weighted by molar-refractivity contribution is 0.348. The van der Waals surface area contributed by atoms with Crippen LogP contribution in [0.15, 0.2) is 30.3 Å². The lowest BCUT2D eigenvalue weighted by atomic mass is 9.78. The molecule has 1 aliphatic rings. The van der Waals surface area contributed by atoms with E-state index in [1.54, 1.807) is 0 Å². The summed E-state index contributed by atoms with van der Waals surface area (Å²) in [5, 5.41) is 0. The quantitative estimate of drug-likeness (QED) is 0.834. The Hall–Kier alpha value is -1.08. The van der Waals surface area contributed by atoms with Gasteiger partial charge in [-0.1, -0.05) is 56.2 Å². The third-order valence-electron chi connectivity index (χ3n) is 3.89. The van der Waals surface area contributed by atoms with Gasteiger partial charge in [0, 0.05) is 6.54 Å². The number of benzene rings is 1. The second kappa shape index (κ2) is 6.02. The van der Waals surface area contributed by atoms with Gasteiger partial charge in [0.25, 0.3) is 0 Å². The normalized spacial score (nSPS) is 25.3. The van der Waals surface area contributed by atoms with Crippen LogP contribution in [0.25, 0.3) is 6.08 Å². The van der Waals surface area contributed by atoms with Crippen LogP contribution < -0.4 is 5.73 Å². The maximum Gasteiger partial charge on any atom is 0.0110 e. The van der Waals surface area contributed by atoms with E-state index in [0.29, 0.717) is 6.54 Å². The maximum absolute atomic E-state index is 5.54. The largest absolute Gasteiger partial charge is 0.327 e. The van der Waals surface area contributed by atoms with Crippen LogP contribution in [0.5, 0.6) is 0 Å². The molecule has 1 aliphatic carbocycles. The zero-order valence-electron chi connectivity index (χ0n) is 10.7. The van der Waals surface area contributed by atoms with E-state index in [1.807, 2.05) is 6.08 Å². The minimum absolute atomic E-state index is 0.621. The summed E-state index contributed by atoms with van der Waals surface area (Å²) in [4.78, 5) is 0. The average molecular weight is 229 g/mol. The molecule has 2 N–H and O–H groups in total. The number of hydrogen-bond acceptors (Lipinski definition) is 1. The van der Waals surface area contributed by atoms with Gasteiger partial charge < -0.3 is 5.73 Å². The summed E-state index contributed by atoms with van der Waals surface area (Å²) in [6.45, 7) is 2.99. The zero-order chi connectivity index (χ0) is 12.1. The van der Waals surface area contributed by atoms with Crippen LogP contribution in [-0.2, 0) is 0 Å². The summed E-state index contributed by atoms with van der Waals surface area (Å²) in [6, 6.07) is 8.77. The minimum atomic E-state index is 0.621. The van der Waals surface area contributed by atoms with Gasteiger partial charge in [0.05, 0.1) is 0 Å². The van der Waals surface area contributed by atoms with E-state index in [0.717, 1.165) is 11.8 Å². The van der Waals surface area contributed by atoms with Gasteiger partial charge in [-0.25, -0.2) is 0 Å². The second-order valence-corrected chi connectivity index (χ2v) is 5.22. The zero-order valence-corrected chi connectivity index (χ0v) is 10.7. The van der Waals surface area contributed by atoms with E-state index >= 15 is 0 Å². The second-order valence-electron chi connectivity index (χ2n) is 5.22. The van der Waals surface area contributed by atoms with Crippen molar-refractivity contribution in [2.24, 2.45) is 11.7 Å². The molecule has 17 heavy (non-hydrogen) atoms. The predicted molar refractivity (Wildman–Crippen MR) is 74.9 cm³/mol. The van der Waals surface area contributed by atoms with Crippen molar-refractivity contribution in [2.75, 3.05) is 6.54 Å². The third kappa shape index (κ3) is 3.19. The monoisotopic (exact) mass is 229 g/mol. The molecule has 0 heterocycles. The Morgan fingerprint density at radius 1 is 1.18 bits per heavy atom. The van der Waals surface area contributed by atoms with E-state index < -0.39 is 0 Å². The molecule has 0 bridgehead atoms. The summed E-state index contributed by atoms with van der Waals surface area (Å²) >= 11 is 0. The highest BCUT2D eigenvalue weighted by Crippen LogP contribution is 2.37. The highest BCUT2D eigenvalue weighted by Gasteiger charge is 2.20. The lowest BCUT2D eigenvalue weighted by Gasteiger charge is -2.27. The van der Waals surface area contributed by atoms with Gasteiger partial charge in [-0.3, -0.25) is 0 Å². The Labute approximate surface area is 105 Å². The van der Waals surface area contributed by atoms with Crippen molar-refractivity contribution >= 4 is 6.08 Å². The van der Waals surface area contributed by atoms with E-state index in [9.17, 15) is 0 Å². The smallest absolute Gasteiger partial charge is 0.0110 e. The van der Waals surface area contributed by atoms with Crippen molar-refractivity contribution in [3.05, 3.63) is 41.5 Å². The molecule has 0 aliphatic heterocycles. The van der Waals surface area contributed by atoms with E-state index in [1.165, 1.54) is 36.8 Å². The summed E-state index contributed by atoms with van der Waals surface area (Å²) < 4.78 is 0. The van der Waals surface area contributed by atoms with E-state index in [2.05, 4.69) is 37.3 Å². The van der Waals surface area contributed by atoms with Crippen molar-refractivity contribution < 1.29 is 0 Å². The van der Waals surface area contributed by atoms with Gasteiger partial charge in [0.1, 0.15) is 0 Å². The van der Waals surface area contributed by atoms with Gasteiger partial charge in [0.15, 0.2) is 0 Å². The molecule has 0 radical (unpaired) electrons. The molecule has 92 valence electrons. The van der Waals surface area contributed by atoms with Crippen molar-refractivity contribution in [1.29, 1.82) is 0 Å². The maximum atomic E-state index is 5.54. The molecule has 0 spiro atoms. The molecule has 2 rings (SSSR count). The molecule has 0 atom stereocenters. The van der Waals surface area contributed by atoms with Crippen molar-refractivity contribution in [3.8, 4) is 0 Å². The Bertz CT molecular complexity index is 373. The van der Waals surface area contributed by atoms with Crippen LogP contribution in [-0.4, -0.2) is 6.54 Å². The molecule has 1 saturated carbocycles. The molecule has 1 nitrogen and oxygen atoms in total. The van der Waals surface area contributed by atoms with Crippen LogP contribution in [0.2, 0.25) is 0 Å². The highest BCUT2D eigenvalue weighted by atomic mass is 14.5. The fourth-order valence-electron chi connectivity index (χ4n) is 2.80. The van der Waals surface area contributed by atoms with Gasteiger partial charge >= 0.3 is 0 Å². The fourth-order valence-corrected chi connectivity index (χ4v) is 2.80. The first-order chi connectivity index (χ1) is 8.31. The number of hydrogen-bond donors (Lipinski definition) is 1. The van der Waals surface area contributed by atoms with E-state index in [4.69, 9.17) is 5.73 Å². The van der Waals surface area contributed by atoms with Crippen LogP contribution in [0, 0.1) is 5.92 Å². The topological polar surface area (TPSA) is 26.0 Å². The molecule has 0 amide bonds. The minimum Gasteiger partial charge on any atom is -0.327 e. The molecule has 0 aromatic heterocycles. The fraction of sp³-hybridized carbons (Fsp3) is 0.500. The molecule has 0 unspecified atom stereocenters. The first-order valence-electron chi connectivity index (χ1n) is 6.76. The molecule has 1 aromatic rings. The molecular formula is C16H23N. The predicted octanol–water partition coefficient (Wildman–Crippen LogP) is 3.95. The summed E-state index contributed by atoms with van der Waals surface area (Å²) in [6.07, 6.45) is 9.65. The van der Waals surface area contributed by atoms with Gasteiger partial charge in [-0.15, -0.1) is 0 Å². The van der Waals surface area contributed by atoms with Crippen LogP contribution in [0.3, 0.4) is 0 Å². The van der Waals surface area contributed by atoms with Gasteiger partial charge in [-0.05, 0) is 35.8 Å². The molecular weight excluding hydrogens is 206 g/mol. The molecule has 1 aromatic carbocycles. The average Bonchev–Trinajstić information content (AvgIpc) is 2.38. The van der Waals surface area contributed by atoms with Crippen molar-refractivity contribution in [3.63, 3.8) is 0 Å². The first-order valence-corrected chi connectivity index (χ1v) is 6.76. The highest BCUT2D eigenvalue weighted by molar-refractivity contribution is 5.55. The van der Waals surface area contributed by atoms with E-state index in [-0.39, 0.29) is 0 Å². The summed E-state index contributed by atoms with van der Waals surface area (Å²) in [5.41, 5.74) is 8.41. The summed E-state index contributed by atoms with van der Waals surface area (Å²) in [7, 11) is 0. The van der Waals surface area contributed by atoms with Crippen LogP contribution in [0.1, 0.15) is 49.7 Å². The van der Waals surface area contributed by atoms with Gasteiger partial charge in [0.2, 0.25) is 0 Å².